The highest BCUT2D eigenvalue weighted by Crippen LogP contribution is 2.48. The summed E-state index contributed by atoms with van der Waals surface area (Å²) < 4.78 is 35.1. The second-order valence-corrected chi connectivity index (χ2v) is 8.27. The fraction of sp³-hybridized carbons (Fsp3) is 0.250. The highest BCUT2D eigenvalue weighted by Gasteiger charge is 2.46. The molecule has 1 aliphatic rings. The molecule has 0 amide bonds. The van der Waals surface area contributed by atoms with Gasteiger partial charge in [0.15, 0.2) is 0 Å². The van der Waals surface area contributed by atoms with Gasteiger partial charge < -0.3 is 15.0 Å². The maximum atomic E-state index is 13.7. The van der Waals surface area contributed by atoms with Gasteiger partial charge in [0.2, 0.25) is 5.85 Å². The van der Waals surface area contributed by atoms with Crippen molar-refractivity contribution in [1.29, 1.82) is 0 Å². The molecule has 0 saturated heterocycles. The topological polar surface area (TPSA) is 81.0 Å². The van der Waals surface area contributed by atoms with Crippen LogP contribution in [0.3, 0.4) is 0 Å². The number of hydrogen-bond donors (Lipinski definition) is 1. The number of halogens is 2. The average Bonchev–Trinajstić information content (AvgIpc) is 3.32. The molecular weight excluding hydrogens is 440 g/mol. The normalized spacial score (nSPS) is 17.2. The van der Waals surface area contributed by atoms with E-state index in [1.165, 1.54) is 12.1 Å². The Bertz CT molecular complexity index is 1280. The molecule has 4 heterocycles. The summed E-state index contributed by atoms with van der Waals surface area (Å²) in [4.78, 5) is 10.7. The van der Waals surface area contributed by atoms with Crippen molar-refractivity contribution >= 4 is 11.4 Å². The lowest BCUT2D eigenvalue weighted by molar-refractivity contribution is 0.0280. The first kappa shape index (κ1) is 21.9. The van der Waals surface area contributed by atoms with Crippen molar-refractivity contribution in [2.45, 2.75) is 25.7 Å². The van der Waals surface area contributed by atoms with Crippen LogP contribution in [0.25, 0.3) is 11.3 Å². The summed E-state index contributed by atoms with van der Waals surface area (Å²) in [6.07, 6.45) is 2.31. The molecule has 1 unspecified atom stereocenters. The summed E-state index contributed by atoms with van der Waals surface area (Å²) >= 11 is 0. The van der Waals surface area contributed by atoms with Gasteiger partial charge in [-0.25, -0.2) is 13.5 Å². The molecule has 0 bridgehead atoms. The Morgan fingerprint density at radius 2 is 1.65 bits per heavy atom. The van der Waals surface area contributed by atoms with E-state index in [2.05, 4.69) is 25.6 Å². The quantitative estimate of drug-likeness (QED) is 0.475. The average molecular weight is 463 g/mol. The molecule has 1 atom stereocenters. The van der Waals surface area contributed by atoms with E-state index < -0.39 is 23.5 Å². The number of nitrogens with one attached hydrogen (secondary N) is 1. The Morgan fingerprint density at radius 3 is 2.15 bits per heavy atom. The smallest absolute Gasteiger partial charge is 0.216 e. The molecule has 10 heteroatoms. The van der Waals surface area contributed by atoms with Crippen LogP contribution in [0.5, 0.6) is 0 Å². The van der Waals surface area contributed by atoms with E-state index in [0.717, 1.165) is 40.7 Å². The fourth-order valence-electron chi connectivity index (χ4n) is 4.43. The molecule has 0 saturated carbocycles. The Morgan fingerprint density at radius 1 is 1.00 bits per heavy atom. The molecule has 1 aliphatic heterocycles. The number of anilines is 2. The van der Waals surface area contributed by atoms with Crippen LogP contribution >= 0.6 is 0 Å². The van der Waals surface area contributed by atoms with Crippen molar-refractivity contribution in [2.75, 3.05) is 17.3 Å². The molecule has 4 aromatic rings. The predicted octanol–water partition coefficient (Wildman–Crippen LogP) is 4.20. The fourth-order valence-corrected chi connectivity index (χ4v) is 4.43. The van der Waals surface area contributed by atoms with Crippen LogP contribution in [-0.4, -0.2) is 37.9 Å². The van der Waals surface area contributed by atoms with Gasteiger partial charge in [-0.1, -0.05) is 11.3 Å². The molecular formula is C24H23F2N7O. The number of ether oxygens (including phenoxy) is 1. The van der Waals surface area contributed by atoms with Gasteiger partial charge in [0.05, 0.1) is 46.5 Å². The minimum atomic E-state index is -1.00. The summed E-state index contributed by atoms with van der Waals surface area (Å²) in [6, 6.07) is 11.2. The van der Waals surface area contributed by atoms with E-state index in [9.17, 15) is 8.78 Å². The van der Waals surface area contributed by atoms with Gasteiger partial charge in [0.25, 0.3) is 0 Å². The molecule has 174 valence electrons. The number of aromatic nitrogens is 5. The van der Waals surface area contributed by atoms with Gasteiger partial charge in [0, 0.05) is 26.6 Å². The van der Waals surface area contributed by atoms with Gasteiger partial charge in [-0.05, 0) is 43.3 Å². The van der Waals surface area contributed by atoms with Crippen LogP contribution in [0.1, 0.15) is 30.0 Å². The molecule has 0 spiro atoms. The first-order valence-corrected chi connectivity index (χ1v) is 10.7. The molecule has 34 heavy (non-hydrogen) atoms. The van der Waals surface area contributed by atoms with Crippen LogP contribution < -0.4 is 10.2 Å². The maximum Gasteiger partial charge on any atom is 0.216 e. The molecule has 8 nitrogen and oxygen atoms in total. The molecule has 0 aliphatic carbocycles. The van der Waals surface area contributed by atoms with Crippen LogP contribution in [-0.2, 0) is 11.8 Å². The van der Waals surface area contributed by atoms with Gasteiger partial charge in [-0.15, -0.1) is 5.10 Å². The number of benzene rings is 1. The maximum absolute atomic E-state index is 13.7. The summed E-state index contributed by atoms with van der Waals surface area (Å²) in [6.45, 7) is 3.78. The zero-order valence-corrected chi connectivity index (χ0v) is 19.1. The first-order valence-electron chi connectivity index (χ1n) is 10.7. The van der Waals surface area contributed by atoms with E-state index in [1.54, 1.807) is 23.9 Å². The van der Waals surface area contributed by atoms with E-state index in [4.69, 9.17) is 4.74 Å². The third-order valence-corrected chi connectivity index (χ3v) is 6.07. The van der Waals surface area contributed by atoms with Gasteiger partial charge in [0.1, 0.15) is 17.7 Å². The van der Waals surface area contributed by atoms with E-state index in [1.807, 2.05) is 44.0 Å². The number of rotatable bonds is 5. The lowest BCUT2D eigenvalue weighted by Gasteiger charge is -2.40. The summed E-state index contributed by atoms with van der Waals surface area (Å²) in [5.41, 5.74) is 5.29. The Labute approximate surface area is 195 Å². The molecule has 3 aromatic heterocycles. The van der Waals surface area contributed by atoms with E-state index in [0.29, 0.717) is 11.4 Å². The lowest BCUT2D eigenvalue weighted by atomic mass is 10.0. The Hall–Kier alpha value is -3.92. The van der Waals surface area contributed by atoms with Crippen molar-refractivity contribution in [1.82, 2.24) is 25.0 Å². The van der Waals surface area contributed by atoms with Gasteiger partial charge in [-0.3, -0.25) is 9.97 Å². The summed E-state index contributed by atoms with van der Waals surface area (Å²) in [7, 11) is 3.43. The first-order chi connectivity index (χ1) is 16.3. The summed E-state index contributed by atoms with van der Waals surface area (Å²) in [5.74, 6) is -1.91. The number of nitrogens with zero attached hydrogens (tertiary/aromatic N) is 6. The number of hydrogen-bond acceptors (Lipinski definition) is 7. The van der Waals surface area contributed by atoms with Crippen molar-refractivity contribution in [2.24, 2.45) is 7.05 Å². The number of fused-ring (bicyclic) bond motifs is 1. The number of aryl methyl sites for hydroxylation is 2. The zero-order chi connectivity index (χ0) is 24.0. The molecule has 1 aromatic carbocycles. The second-order valence-electron chi connectivity index (χ2n) is 8.27. The third kappa shape index (κ3) is 3.56. The molecule has 0 fully saturated rings. The van der Waals surface area contributed by atoms with Crippen molar-refractivity contribution in [3.8, 4) is 11.3 Å². The SMILES string of the molecule is COC1(C)Nc2ccc(-c3c(C)nnn3C)cc2N1C(c1ccc(F)cn1)c1ccc(F)cn1. The molecule has 0 radical (unpaired) electrons. The van der Waals surface area contributed by atoms with Crippen LogP contribution in [0.4, 0.5) is 20.2 Å². The van der Waals surface area contributed by atoms with Crippen molar-refractivity contribution in [3.63, 3.8) is 0 Å². The molecule has 5 rings (SSSR count). The Kier molecular flexibility index (Phi) is 5.24. The number of pyridine rings is 2. The lowest BCUT2D eigenvalue weighted by Crippen LogP contribution is -2.52. The predicted molar refractivity (Wildman–Crippen MR) is 123 cm³/mol. The largest absolute Gasteiger partial charge is 0.342 e. The van der Waals surface area contributed by atoms with Crippen LogP contribution in [0.15, 0.2) is 54.9 Å². The van der Waals surface area contributed by atoms with Crippen LogP contribution in [0.2, 0.25) is 0 Å². The highest BCUT2D eigenvalue weighted by molar-refractivity contribution is 5.83. The zero-order valence-electron chi connectivity index (χ0n) is 19.1. The van der Waals surface area contributed by atoms with E-state index >= 15 is 0 Å². The van der Waals surface area contributed by atoms with Crippen LogP contribution in [0, 0.1) is 18.6 Å². The third-order valence-electron chi connectivity index (χ3n) is 6.07. The highest BCUT2D eigenvalue weighted by atomic mass is 19.1. The minimum Gasteiger partial charge on any atom is -0.342 e. The second kappa shape index (κ2) is 8.14. The van der Waals surface area contributed by atoms with Crippen molar-refractivity contribution < 1.29 is 13.5 Å². The van der Waals surface area contributed by atoms with Crippen molar-refractivity contribution in [3.05, 3.63) is 83.6 Å². The Balaban J connectivity index is 1.72. The number of methoxy groups -OCH3 is 1. The van der Waals surface area contributed by atoms with Gasteiger partial charge in [-0.2, -0.15) is 0 Å². The monoisotopic (exact) mass is 463 g/mol. The van der Waals surface area contributed by atoms with Gasteiger partial charge >= 0.3 is 0 Å². The summed E-state index contributed by atoms with van der Waals surface area (Å²) in [5, 5.41) is 11.7. The standard InChI is InChI=1S/C24H23F2N7O/c1-14-22(32(3)31-30-14)15-5-8-18-21(11-15)33(24(2,29-18)34-4)23(19-9-6-16(25)12-27-19)20-10-7-17(26)13-28-20/h5-13,23,29H,1-4H3. The minimum absolute atomic E-state index is 0.453. The van der Waals surface area contributed by atoms with E-state index in [-0.39, 0.29) is 0 Å². The molecule has 1 N–H and O–H groups in total.